The summed E-state index contributed by atoms with van der Waals surface area (Å²) in [4.78, 5) is 26.2. The van der Waals surface area contributed by atoms with E-state index in [1.165, 1.54) is 16.7 Å². The average Bonchev–Trinajstić information content (AvgIpc) is 3.37. The van der Waals surface area contributed by atoms with Crippen LogP contribution in [0.1, 0.15) is 52.4 Å². The summed E-state index contributed by atoms with van der Waals surface area (Å²) >= 11 is 0. The third-order valence-electron chi connectivity index (χ3n) is 6.32. The highest BCUT2D eigenvalue weighted by molar-refractivity contribution is 5.92. The van der Waals surface area contributed by atoms with E-state index in [-0.39, 0.29) is 11.3 Å². The van der Waals surface area contributed by atoms with Gasteiger partial charge in [0.25, 0.3) is 5.91 Å². The van der Waals surface area contributed by atoms with Crippen LogP contribution in [0.2, 0.25) is 0 Å². The predicted octanol–water partition coefficient (Wildman–Crippen LogP) is 3.51. The Morgan fingerprint density at radius 2 is 1.85 bits per heavy atom. The molecule has 1 aliphatic heterocycles. The summed E-state index contributed by atoms with van der Waals surface area (Å²) < 4.78 is 0. The lowest BCUT2D eigenvalue weighted by Gasteiger charge is -2.40. The second-order valence-corrected chi connectivity index (χ2v) is 7.67. The molecule has 5 nitrogen and oxygen atoms in total. The highest BCUT2D eigenvalue weighted by atomic mass is 16.2. The zero-order chi connectivity index (χ0) is 18.3. The normalized spacial score (nSPS) is 20.6. The van der Waals surface area contributed by atoms with Gasteiger partial charge in [-0.1, -0.05) is 24.3 Å². The lowest BCUT2D eigenvalue weighted by Crippen LogP contribution is -2.44. The van der Waals surface area contributed by atoms with Gasteiger partial charge in [-0.3, -0.25) is 4.79 Å². The number of carbonyl (C=O) groups excluding carboxylic acids is 1. The van der Waals surface area contributed by atoms with Gasteiger partial charge in [0.1, 0.15) is 12.0 Å². The first-order chi connectivity index (χ1) is 13.3. The second kappa shape index (κ2) is 6.34. The minimum absolute atomic E-state index is 0.106. The summed E-state index contributed by atoms with van der Waals surface area (Å²) in [6, 6.07) is 12.5. The smallest absolute Gasteiger partial charge is 0.270 e. The van der Waals surface area contributed by atoms with Crippen molar-refractivity contribution in [3.63, 3.8) is 0 Å². The largest absolute Gasteiger partial charge is 0.357 e. The van der Waals surface area contributed by atoms with Crippen molar-refractivity contribution in [2.24, 2.45) is 0 Å². The number of benzene rings is 1. The van der Waals surface area contributed by atoms with Crippen molar-refractivity contribution in [1.29, 1.82) is 0 Å². The van der Waals surface area contributed by atoms with Crippen LogP contribution in [0.3, 0.4) is 0 Å². The quantitative estimate of drug-likeness (QED) is 0.762. The summed E-state index contributed by atoms with van der Waals surface area (Å²) in [5.74, 6) is 0.446. The molecule has 1 amide bonds. The Bertz CT molecular complexity index is 943. The Labute approximate surface area is 158 Å². The number of aromatic amines is 1. The zero-order valence-corrected chi connectivity index (χ0v) is 15.1. The molecular formula is C22H22N4O. The molecule has 1 aliphatic carbocycles. The highest BCUT2D eigenvalue weighted by Crippen LogP contribution is 2.53. The number of rotatable bonds is 2. The molecule has 1 fully saturated rings. The molecular weight excluding hydrogens is 336 g/mol. The maximum absolute atomic E-state index is 12.7. The van der Waals surface area contributed by atoms with E-state index < -0.39 is 0 Å². The first-order valence-electron chi connectivity index (χ1n) is 9.54. The lowest BCUT2D eigenvalue weighted by molar-refractivity contribution is 0.0659. The van der Waals surface area contributed by atoms with Gasteiger partial charge in [0.2, 0.25) is 0 Å². The van der Waals surface area contributed by atoms with E-state index in [0.717, 1.165) is 32.4 Å². The molecule has 2 aromatic heterocycles. The number of piperidine rings is 1. The van der Waals surface area contributed by atoms with E-state index in [0.29, 0.717) is 11.6 Å². The van der Waals surface area contributed by atoms with Crippen molar-refractivity contribution >= 4 is 5.91 Å². The van der Waals surface area contributed by atoms with E-state index in [9.17, 15) is 4.79 Å². The second-order valence-electron chi connectivity index (χ2n) is 7.67. The molecule has 136 valence electrons. The van der Waals surface area contributed by atoms with Crippen LogP contribution >= 0.6 is 0 Å². The minimum Gasteiger partial charge on any atom is -0.357 e. The van der Waals surface area contributed by atoms with Crippen LogP contribution in [0.15, 0.2) is 61.3 Å². The first-order valence-corrected chi connectivity index (χ1v) is 9.54. The van der Waals surface area contributed by atoms with E-state index in [1.54, 1.807) is 12.5 Å². The molecule has 3 heterocycles. The third-order valence-corrected chi connectivity index (χ3v) is 6.32. The average molecular weight is 358 g/mol. The van der Waals surface area contributed by atoms with Gasteiger partial charge in [0.15, 0.2) is 0 Å². The lowest BCUT2D eigenvalue weighted by atomic mass is 9.73. The van der Waals surface area contributed by atoms with Crippen LogP contribution in [-0.2, 0) is 5.41 Å². The number of amides is 1. The fraction of sp³-hybridized carbons (Fsp3) is 0.318. The Morgan fingerprint density at radius 3 is 2.59 bits per heavy atom. The fourth-order valence-electron chi connectivity index (χ4n) is 4.93. The van der Waals surface area contributed by atoms with E-state index in [1.807, 2.05) is 29.4 Å². The third kappa shape index (κ3) is 2.65. The van der Waals surface area contributed by atoms with Crippen LogP contribution in [0, 0.1) is 0 Å². The number of carbonyl (C=O) groups is 1. The number of hydrogen-bond donors (Lipinski definition) is 1. The van der Waals surface area contributed by atoms with Gasteiger partial charge in [-0.15, -0.1) is 0 Å². The molecule has 3 aromatic rings. The summed E-state index contributed by atoms with van der Waals surface area (Å²) in [6.07, 6.45) is 10.4. The van der Waals surface area contributed by atoms with Crippen LogP contribution < -0.4 is 0 Å². The van der Waals surface area contributed by atoms with Crippen molar-refractivity contribution in [2.75, 3.05) is 13.1 Å². The van der Waals surface area contributed by atoms with E-state index in [2.05, 4.69) is 39.2 Å². The van der Waals surface area contributed by atoms with Crippen LogP contribution in [0.25, 0.3) is 0 Å². The van der Waals surface area contributed by atoms with Crippen LogP contribution in [0.4, 0.5) is 0 Å². The molecule has 1 atom stereocenters. The monoisotopic (exact) mass is 358 g/mol. The van der Waals surface area contributed by atoms with E-state index >= 15 is 0 Å². The minimum atomic E-state index is 0.106. The number of aromatic nitrogens is 3. The number of hydrogen-bond acceptors (Lipinski definition) is 3. The fourth-order valence-corrected chi connectivity index (χ4v) is 4.93. The number of fused-ring (bicyclic) bond motifs is 2. The Kier molecular flexibility index (Phi) is 3.81. The SMILES string of the molecule is O=C(c1ccc[nH]1)N1CCC2(CC1)CC(c1cncnc1)c1ccccc12. The molecule has 5 heteroatoms. The first kappa shape index (κ1) is 16.2. The van der Waals surface area contributed by atoms with E-state index in [4.69, 9.17) is 0 Å². The van der Waals surface area contributed by atoms with Crippen molar-refractivity contribution < 1.29 is 4.79 Å². The van der Waals surface area contributed by atoms with Gasteiger partial charge in [-0.25, -0.2) is 9.97 Å². The predicted molar refractivity (Wildman–Crippen MR) is 103 cm³/mol. The van der Waals surface area contributed by atoms with Gasteiger partial charge in [-0.2, -0.15) is 0 Å². The van der Waals surface area contributed by atoms with Crippen molar-refractivity contribution in [3.05, 3.63) is 83.7 Å². The number of nitrogens with zero attached hydrogens (tertiary/aromatic N) is 3. The van der Waals surface area contributed by atoms with Gasteiger partial charge >= 0.3 is 0 Å². The van der Waals surface area contributed by atoms with Crippen molar-refractivity contribution in [3.8, 4) is 0 Å². The molecule has 1 unspecified atom stereocenters. The molecule has 0 radical (unpaired) electrons. The van der Waals surface area contributed by atoms with Gasteiger partial charge in [0, 0.05) is 37.6 Å². The Balaban J connectivity index is 1.42. The maximum atomic E-state index is 12.7. The maximum Gasteiger partial charge on any atom is 0.270 e. The number of H-pyrrole nitrogens is 1. The molecule has 1 N–H and O–H groups in total. The molecule has 5 rings (SSSR count). The van der Waals surface area contributed by atoms with Crippen molar-refractivity contribution in [1.82, 2.24) is 19.9 Å². The standard InChI is InChI=1S/C22H22N4O/c27-21(20-6-3-9-25-20)26-10-7-22(8-11-26)12-18(16-13-23-15-24-14-16)17-4-1-2-5-19(17)22/h1-6,9,13-15,18,25H,7-8,10-12H2. The Morgan fingerprint density at radius 1 is 1.07 bits per heavy atom. The van der Waals surface area contributed by atoms with Crippen LogP contribution in [-0.4, -0.2) is 38.8 Å². The Hall–Kier alpha value is -2.95. The van der Waals surface area contributed by atoms with Gasteiger partial charge in [-0.05, 0) is 53.5 Å². The highest BCUT2D eigenvalue weighted by Gasteiger charge is 2.46. The summed E-state index contributed by atoms with van der Waals surface area (Å²) in [5, 5.41) is 0. The summed E-state index contributed by atoms with van der Waals surface area (Å²) in [5.41, 5.74) is 4.86. The van der Waals surface area contributed by atoms with Crippen LogP contribution in [0.5, 0.6) is 0 Å². The number of likely N-dealkylation sites (tertiary alicyclic amines) is 1. The summed E-state index contributed by atoms with van der Waals surface area (Å²) in [6.45, 7) is 1.59. The molecule has 27 heavy (non-hydrogen) atoms. The molecule has 1 spiro atoms. The van der Waals surface area contributed by atoms with Gasteiger partial charge < -0.3 is 9.88 Å². The zero-order valence-electron chi connectivity index (χ0n) is 15.1. The summed E-state index contributed by atoms with van der Waals surface area (Å²) in [7, 11) is 0. The van der Waals surface area contributed by atoms with Crippen molar-refractivity contribution in [2.45, 2.75) is 30.6 Å². The molecule has 1 saturated heterocycles. The molecule has 0 bridgehead atoms. The topological polar surface area (TPSA) is 61.9 Å². The molecule has 0 saturated carbocycles. The molecule has 1 aromatic carbocycles. The van der Waals surface area contributed by atoms with Gasteiger partial charge in [0.05, 0.1) is 0 Å². The molecule has 2 aliphatic rings. The number of nitrogens with one attached hydrogen (secondary N) is 1.